The summed E-state index contributed by atoms with van der Waals surface area (Å²) in [6.07, 6.45) is 2.90. The Labute approximate surface area is 115 Å². The fourth-order valence-electron chi connectivity index (χ4n) is 1.72. The van der Waals surface area contributed by atoms with E-state index in [1.165, 1.54) is 5.56 Å². The predicted molar refractivity (Wildman–Crippen MR) is 76.0 cm³/mol. The zero-order valence-corrected chi connectivity index (χ0v) is 12.2. The highest BCUT2D eigenvalue weighted by molar-refractivity contribution is 7.14. The summed E-state index contributed by atoms with van der Waals surface area (Å²) in [6.45, 7) is 4.33. The first-order chi connectivity index (χ1) is 8.20. The van der Waals surface area contributed by atoms with Crippen LogP contribution in [0.1, 0.15) is 42.9 Å². The molecule has 0 aromatic carbocycles. The number of thiophene rings is 1. The van der Waals surface area contributed by atoms with E-state index >= 15 is 0 Å². The molecule has 0 amide bonds. The van der Waals surface area contributed by atoms with Gasteiger partial charge in [0.2, 0.25) is 0 Å². The summed E-state index contributed by atoms with van der Waals surface area (Å²) < 4.78 is 0.843. The van der Waals surface area contributed by atoms with Crippen LogP contribution in [0, 0.1) is 0 Å². The lowest BCUT2D eigenvalue weighted by atomic mass is 10.1. The van der Waals surface area contributed by atoms with E-state index in [0.29, 0.717) is 12.1 Å². The molecule has 0 spiro atoms. The Morgan fingerprint density at radius 1 is 1.47 bits per heavy atom. The van der Waals surface area contributed by atoms with Crippen molar-refractivity contribution in [2.45, 2.75) is 32.4 Å². The van der Waals surface area contributed by atoms with Gasteiger partial charge in [0, 0.05) is 17.6 Å². The van der Waals surface area contributed by atoms with E-state index in [4.69, 9.17) is 11.6 Å². The number of hydrogen-bond donors (Lipinski definition) is 1. The van der Waals surface area contributed by atoms with Crippen molar-refractivity contribution in [3.8, 4) is 0 Å². The van der Waals surface area contributed by atoms with Gasteiger partial charge in [0.05, 0.1) is 10.4 Å². The van der Waals surface area contributed by atoms with Crippen LogP contribution in [0.5, 0.6) is 0 Å². The maximum atomic E-state index is 5.95. The van der Waals surface area contributed by atoms with E-state index in [1.807, 2.05) is 17.6 Å². The average Bonchev–Trinajstić information content (AvgIpc) is 2.96. The van der Waals surface area contributed by atoms with E-state index in [2.05, 4.69) is 29.5 Å². The molecule has 2 aromatic rings. The maximum Gasteiger partial charge on any atom is 0.109 e. The van der Waals surface area contributed by atoms with Crippen molar-refractivity contribution in [2.24, 2.45) is 0 Å². The van der Waals surface area contributed by atoms with Gasteiger partial charge < -0.3 is 5.32 Å². The topological polar surface area (TPSA) is 24.9 Å². The van der Waals surface area contributed by atoms with Gasteiger partial charge in [0.25, 0.3) is 0 Å². The Morgan fingerprint density at radius 3 is 2.82 bits per heavy atom. The Bertz CT molecular complexity index is 453. The van der Waals surface area contributed by atoms with Crippen molar-refractivity contribution in [3.05, 3.63) is 37.9 Å². The molecule has 2 rings (SSSR count). The second kappa shape index (κ2) is 5.96. The Morgan fingerprint density at radius 2 is 2.29 bits per heavy atom. The molecule has 2 nitrogen and oxygen atoms in total. The molecule has 0 aliphatic carbocycles. The lowest BCUT2D eigenvalue weighted by Gasteiger charge is -2.19. The minimum absolute atomic E-state index is 0.299. The second-order valence-corrected chi connectivity index (χ2v) is 6.37. The van der Waals surface area contributed by atoms with Crippen LogP contribution in [0.3, 0.4) is 0 Å². The van der Waals surface area contributed by atoms with Crippen molar-refractivity contribution < 1.29 is 0 Å². The lowest BCUT2D eigenvalue weighted by Crippen LogP contribution is -2.23. The fraction of sp³-hybridized carbons (Fsp3) is 0.417. The molecule has 5 heteroatoms. The molecule has 2 aromatic heterocycles. The van der Waals surface area contributed by atoms with Crippen LogP contribution in [0.25, 0.3) is 0 Å². The molecule has 0 fully saturated rings. The molecule has 0 bridgehead atoms. The Balaban J connectivity index is 2.04. The largest absolute Gasteiger partial charge is 0.301 e. The fourth-order valence-corrected chi connectivity index (χ4v) is 3.49. The number of halogens is 1. The summed E-state index contributed by atoms with van der Waals surface area (Å²) >= 11 is 9.23. The van der Waals surface area contributed by atoms with Crippen LogP contribution < -0.4 is 5.32 Å². The van der Waals surface area contributed by atoms with Crippen LogP contribution >= 0.6 is 34.3 Å². The SMILES string of the molecule is CCC(NC(C)c1csc(Cl)c1)c1nccs1. The van der Waals surface area contributed by atoms with Gasteiger partial charge in [-0.05, 0) is 30.4 Å². The first kappa shape index (κ1) is 13.0. The number of nitrogens with zero attached hydrogens (tertiary/aromatic N) is 1. The average molecular weight is 287 g/mol. The summed E-state index contributed by atoms with van der Waals surface area (Å²) in [4.78, 5) is 4.37. The standard InChI is InChI=1S/C12H15ClN2S2/c1-3-10(12-14-4-5-16-12)15-8(2)9-6-11(13)17-7-9/h4-8,10,15H,3H2,1-2H3. The number of hydrogen-bond acceptors (Lipinski definition) is 4. The van der Waals surface area contributed by atoms with E-state index in [0.717, 1.165) is 15.8 Å². The number of rotatable bonds is 5. The summed E-state index contributed by atoms with van der Waals surface area (Å²) in [6, 6.07) is 2.65. The molecule has 0 radical (unpaired) electrons. The van der Waals surface area contributed by atoms with E-state index < -0.39 is 0 Å². The van der Waals surface area contributed by atoms with Gasteiger partial charge in [0.15, 0.2) is 0 Å². The number of aromatic nitrogens is 1. The van der Waals surface area contributed by atoms with Crippen LogP contribution in [-0.2, 0) is 0 Å². The van der Waals surface area contributed by atoms with Crippen LogP contribution in [0.4, 0.5) is 0 Å². The van der Waals surface area contributed by atoms with Gasteiger partial charge in [-0.15, -0.1) is 22.7 Å². The van der Waals surface area contributed by atoms with E-state index in [1.54, 1.807) is 22.7 Å². The molecule has 0 aliphatic rings. The van der Waals surface area contributed by atoms with Gasteiger partial charge in [0.1, 0.15) is 5.01 Å². The smallest absolute Gasteiger partial charge is 0.109 e. The van der Waals surface area contributed by atoms with Crippen molar-refractivity contribution >= 4 is 34.3 Å². The first-order valence-electron chi connectivity index (χ1n) is 5.60. The molecule has 1 N–H and O–H groups in total. The summed E-state index contributed by atoms with van der Waals surface area (Å²) in [7, 11) is 0. The molecule has 0 aliphatic heterocycles. The van der Waals surface area contributed by atoms with Crippen molar-refractivity contribution in [1.29, 1.82) is 0 Å². The van der Waals surface area contributed by atoms with Gasteiger partial charge in [-0.3, -0.25) is 0 Å². The third-order valence-electron chi connectivity index (χ3n) is 2.70. The second-order valence-electron chi connectivity index (χ2n) is 3.90. The molecule has 2 unspecified atom stereocenters. The normalized spacial score (nSPS) is 14.8. The summed E-state index contributed by atoms with van der Waals surface area (Å²) in [5.41, 5.74) is 1.25. The van der Waals surface area contributed by atoms with E-state index in [9.17, 15) is 0 Å². The summed E-state index contributed by atoms with van der Waals surface area (Å²) in [5.74, 6) is 0. The third-order valence-corrected chi connectivity index (χ3v) is 4.70. The lowest BCUT2D eigenvalue weighted by molar-refractivity contribution is 0.455. The molecular formula is C12H15ClN2S2. The molecule has 92 valence electrons. The quantitative estimate of drug-likeness (QED) is 0.865. The minimum atomic E-state index is 0.299. The van der Waals surface area contributed by atoms with Gasteiger partial charge in [-0.25, -0.2) is 4.98 Å². The number of thiazole rings is 1. The molecule has 0 saturated heterocycles. The monoisotopic (exact) mass is 286 g/mol. The maximum absolute atomic E-state index is 5.95. The molecule has 2 heterocycles. The van der Waals surface area contributed by atoms with Crippen molar-refractivity contribution in [2.75, 3.05) is 0 Å². The van der Waals surface area contributed by atoms with Crippen LogP contribution in [0.15, 0.2) is 23.0 Å². The number of nitrogens with one attached hydrogen (secondary N) is 1. The van der Waals surface area contributed by atoms with Gasteiger partial charge >= 0.3 is 0 Å². The Hall–Kier alpha value is -0.420. The predicted octanol–water partition coefficient (Wildman–Crippen LogP) is 4.66. The van der Waals surface area contributed by atoms with Gasteiger partial charge in [-0.2, -0.15) is 0 Å². The zero-order valence-electron chi connectivity index (χ0n) is 9.81. The highest BCUT2D eigenvalue weighted by Crippen LogP contribution is 2.28. The Kier molecular flexibility index (Phi) is 4.56. The van der Waals surface area contributed by atoms with E-state index in [-0.39, 0.29) is 0 Å². The van der Waals surface area contributed by atoms with Crippen molar-refractivity contribution in [3.63, 3.8) is 0 Å². The summed E-state index contributed by atoms with van der Waals surface area (Å²) in [5, 5.41) is 8.87. The molecule has 2 atom stereocenters. The first-order valence-corrected chi connectivity index (χ1v) is 7.73. The minimum Gasteiger partial charge on any atom is -0.301 e. The molecule has 0 saturated carbocycles. The molecular weight excluding hydrogens is 272 g/mol. The highest BCUT2D eigenvalue weighted by atomic mass is 35.5. The van der Waals surface area contributed by atoms with Crippen LogP contribution in [0.2, 0.25) is 4.34 Å². The van der Waals surface area contributed by atoms with Crippen LogP contribution in [-0.4, -0.2) is 4.98 Å². The zero-order chi connectivity index (χ0) is 12.3. The van der Waals surface area contributed by atoms with Crippen molar-refractivity contribution in [1.82, 2.24) is 10.3 Å². The highest BCUT2D eigenvalue weighted by Gasteiger charge is 2.16. The van der Waals surface area contributed by atoms with Gasteiger partial charge in [-0.1, -0.05) is 18.5 Å². The third kappa shape index (κ3) is 3.28. The molecule has 17 heavy (non-hydrogen) atoms.